The van der Waals surface area contributed by atoms with Crippen molar-refractivity contribution in [3.63, 3.8) is 0 Å². The standard InChI is InChI=1S/C23H23N3O5S2/c1-31-17-11-9-16(10-12-17)26-33(29,30)18-6-4-5-15(13-18)22(27)24-25-23(28)20-14-32-21-8-3-2-7-19(20)21/h4-6,9-14,26H,2-3,7-8H2,1H3,(H,24,27)(H,25,28). The van der Waals surface area contributed by atoms with Crippen LogP contribution in [0.3, 0.4) is 0 Å². The summed E-state index contributed by atoms with van der Waals surface area (Å²) in [7, 11) is -2.40. The lowest BCUT2D eigenvalue weighted by molar-refractivity contribution is 0.0846. The van der Waals surface area contributed by atoms with Gasteiger partial charge in [0, 0.05) is 21.5 Å². The fourth-order valence-corrected chi connectivity index (χ4v) is 5.84. The van der Waals surface area contributed by atoms with Crippen LogP contribution in [0, 0.1) is 0 Å². The SMILES string of the molecule is COc1ccc(NS(=O)(=O)c2cccc(C(=O)NNC(=O)c3csc4c3CCCC4)c2)cc1. The molecule has 0 aliphatic heterocycles. The van der Waals surface area contributed by atoms with Crippen LogP contribution in [0.5, 0.6) is 5.75 Å². The number of methoxy groups -OCH3 is 1. The van der Waals surface area contributed by atoms with Crippen LogP contribution in [0.15, 0.2) is 58.8 Å². The molecule has 0 unspecified atom stereocenters. The maximum absolute atomic E-state index is 12.7. The van der Waals surface area contributed by atoms with E-state index in [2.05, 4.69) is 15.6 Å². The second-order valence-electron chi connectivity index (χ2n) is 7.53. The molecule has 3 aromatic rings. The van der Waals surface area contributed by atoms with Gasteiger partial charge < -0.3 is 4.74 Å². The molecule has 0 spiro atoms. The number of carbonyl (C=O) groups excluding carboxylic acids is 2. The van der Waals surface area contributed by atoms with Crippen molar-refractivity contribution < 1.29 is 22.7 Å². The van der Waals surface area contributed by atoms with Crippen LogP contribution in [0.4, 0.5) is 5.69 Å². The number of hydrogen-bond donors (Lipinski definition) is 3. The van der Waals surface area contributed by atoms with E-state index < -0.39 is 15.9 Å². The van der Waals surface area contributed by atoms with Crippen molar-refractivity contribution in [3.05, 3.63) is 75.5 Å². The van der Waals surface area contributed by atoms with Gasteiger partial charge in [-0.1, -0.05) is 6.07 Å². The number of hydrogen-bond acceptors (Lipinski definition) is 6. The molecular weight excluding hydrogens is 462 g/mol. The van der Waals surface area contributed by atoms with E-state index in [0.717, 1.165) is 31.2 Å². The van der Waals surface area contributed by atoms with Gasteiger partial charge in [-0.25, -0.2) is 8.42 Å². The smallest absolute Gasteiger partial charge is 0.270 e. The molecule has 4 rings (SSSR count). The molecule has 0 saturated carbocycles. The summed E-state index contributed by atoms with van der Waals surface area (Å²) in [5.74, 6) is -0.400. The number of benzene rings is 2. The van der Waals surface area contributed by atoms with E-state index in [1.54, 1.807) is 35.6 Å². The Hall–Kier alpha value is -3.37. The maximum Gasteiger partial charge on any atom is 0.270 e. The Kier molecular flexibility index (Phi) is 6.66. The third kappa shape index (κ3) is 5.18. The minimum atomic E-state index is -3.92. The number of amides is 2. The van der Waals surface area contributed by atoms with Crippen LogP contribution >= 0.6 is 11.3 Å². The normalized spacial score (nSPS) is 13.0. The molecule has 1 heterocycles. The van der Waals surface area contributed by atoms with E-state index in [1.165, 1.54) is 36.3 Å². The predicted molar refractivity (Wildman–Crippen MR) is 126 cm³/mol. The van der Waals surface area contributed by atoms with Crippen LogP contribution in [0.1, 0.15) is 44.0 Å². The van der Waals surface area contributed by atoms with Crippen LogP contribution in [-0.2, 0) is 22.9 Å². The molecule has 0 radical (unpaired) electrons. The predicted octanol–water partition coefficient (Wildman–Crippen LogP) is 3.51. The molecule has 0 fully saturated rings. The van der Waals surface area contributed by atoms with E-state index in [0.29, 0.717) is 17.0 Å². The van der Waals surface area contributed by atoms with Gasteiger partial charge in [-0.15, -0.1) is 11.3 Å². The van der Waals surface area contributed by atoms with E-state index in [9.17, 15) is 18.0 Å². The number of nitrogens with one attached hydrogen (secondary N) is 3. The summed E-state index contributed by atoms with van der Waals surface area (Å²) in [6, 6.07) is 12.0. The third-order valence-corrected chi connectivity index (χ3v) is 7.81. The highest BCUT2D eigenvalue weighted by Gasteiger charge is 2.21. The lowest BCUT2D eigenvalue weighted by Crippen LogP contribution is -2.41. The Balaban J connectivity index is 1.42. The summed E-state index contributed by atoms with van der Waals surface area (Å²) in [4.78, 5) is 26.3. The van der Waals surface area contributed by atoms with Gasteiger partial charge in [0.15, 0.2) is 0 Å². The lowest BCUT2D eigenvalue weighted by atomic mass is 9.96. The highest BCUT2D eigenvalue weighted by molar-refractivity contribution is 7.92. The highest BCUT2D eigenvalue weighted by atomic mass is 32.2. The van der Waals surface area contributed by atoms with Crippen molar-refractivity contribution in [2.75, 3.05) is 11.8 Å². The molecule has 172 valence electrons. The van der Waals surface area contributed by atoms with Crippen LogP contribution < -0.4 is 20.3 Å². The van der Waals surface area contributed by atoms with Gasteiger partial charge in [0.1, 0.15) is 5.75 Å². The van der Waals surface area contributed by atoms with E-state index in [-0.39, 0.29) is 16.4 Å². The van der Waals surface area contributed by atoms with Gasteiger partial charge in [-0.2, -0.15) is 0 Å². The topological polar surface area (TPSA) is 114 Å². The Morgan fingerprint density at radius 2 is 1.70 bits per heavy atom. The zero-order valence-electron chi connectivity index (χ0n) is 17.9. The minimum Gasteiger partial charge on any atom is -0.497 e. The molecule has 2 aromatic carbocycles. The molecule has 10 heteroatoms. The van der Waals surface area contributed by atoms with Crippen molar-refractivity contribution in [1.29, 1.82) is 0 Å². The molecular formula is C23H23N3O5S2. The number of hydrazine groups is 1. The third-order valence-electron chi connectivity index (χ3n) is 5.34. The minimum absolute atomic E-state index is 0.0794. The van der Waals surface area contributed by atoms with Gasteiger partial charge in [0.25, 0.3) is 21.8 Å². The summed E-state index contributed by atoms with van der Waals surface area (Å²) in [6.07, 6.45) is 4.00. The largest absolute Gasteiger partial charge is 0.497 e. The molecule has 0 bridgehead atoms. The van der Waals surface area contributed by atoms with Gasteiger partial charge in [-0.05, 0) is 73.7 Å². The average Bonchev–Trinajstić information content (AvgIpc) is 3.27. The quantitative estimate of drug-likeness (QED) is 0.463. The number of thiophene rings is 1. The number of rotatable bonds is 6. The summed E-state index contributed by atoms with van der Waals surface area (Å²) in [5.41, 5.74) is 6.89. The van der Waals surface area contributed by atoms with E-state index in [1.807, 2.05) is 5.38 Å². The number of carbonyl (C=O) groups is 2. The van der Waals surface area contributed by atoms with Gasteiger partial charge in [0.2, 0.25) is 0 Å². The summed E-state index contributed by atoms with van der Waals surface area (Å²) in [5, 5.41) is 1.81. The van der Waals surface area contributed by atoms with E-state index >= 15 is 0 Å². The van der Waals surface area contributed by atoms with Crippen molar-refractivity contribution in [2.24, 2.45) is 0 Å². The zero-order valence-corrected chi connectivity index (χ0v) is 19.5. The molecule has 0 saturated heterocycles. The average molecular weight is 486 g/mol. The Morgan fingerprint density at radius 3 is 2.45 bits per heavy atom. The first-order valence-corrected chi connectivity index (χ1v) is 12.7. The monoisotopic (exact) mass is 485 g/mol. The van der Waals surface area contributed by atoms with Gasteiger partial charge >= 0.3 is 0 Å². The Morgan fingerprint density at radius 1 is 0.970 bits per heavy atom. The molecule has 2 amide bonds. The molecule has 1 aliphatic carbocycles. The first-order valence-electron chi connectivity index (χ1n) is 10.3. The van der Waals surface area contributed by atoms with Crippen LogP contribution in [0.2, 0.25) is 0 Å². The summed E-state index contributed by atoms with van der Waals surface area (Å²) in [6.45, 7) is 0. The first kappa shape index (κ1) is 22.8. The molecule has 3 N–H and O–H groups in total. The fraction of sp³-hybridized carbons (Fsp3) is 0.217. The number of anilines is 1. The number of aryl methyl sites for hydroxylation is 1. The molecule has 33 heavy (non-hydrogen) atoms. The van der Waals surface area contributed by atoms with Crippen LogP contribution in [-0.4, -0.2) is 27.3 Å². The first-order chi connectivity index (χ1) is 15.9. The molecule has 1 aromatic heterocycles. The summed E-state index contributed by atoms with van der Waals surface area (Å²) >= 11 is 1.56. The maximum atomic E-state index is 12.7. The highest BCUT2D eigenvalue weighted by Crippen LogP contribution is 2.30. The number of sulfonamides is 1. The zero-order chi connectivity index (χ0) is 23.4. The van der Waals surface area contributed by atoms with Crippen molar-refractivity contribution in [1.82, 2.24) is 10.9 Å². The second kappa shape index (κ2) is 9.63. The lowest BCUT2D eigenvalue weighted by Gasteiger charge is -2.13. The fourth-order valence-electron chi connectivity index (χ4n) is 3.61. The Labute approximate surface area is 196 Å². The van der Waals surface area contributed by atoms with Crippen molar-refractivity contribution in [2.45, 2.75) is 30.6 Å². The second-order valence-corrected chi connectivity index (χ2v) is 10.2. The van der Waals surface area contributed by atoms with Gasteiger partial charge in [0.05, 0.1) is 17.6 Å². The molecule has 8 nitrogen and oxygen atoms in total. The van der Waals surface area contributed by atoms with Crippen LogP contribution in [0.25, 0.3) is 0 Å². The van der Waals surface area contributed by atoms with Gasteiger partial charge in [-0.3, -0.25) is 25.2 Å². The summed E-state index contributed by atoms with van der Waals surface area (Å²) < 4.78 is 33.0. The Bertz CT molecular complexity index is 1280. The number of fused-ring (bicyclic) bond motifs is 1. The molecule has 1 aliphatic rings. The molecule has 0 atom stereocenters. The van der Waals surface area contributed by atoms with Crippen molar-refractivity contribution >= 4 is 38.9 Å². The van der Waals surface area contributed by atoms with E-state index in [4.69, 9.17) is 4.74 Å². The number of ether oxygens (including phenoxy) is 1. The van der Waals surface area contributed by atoms with Crippen molar-refractivity contribution in [3.8, 4) is 5.75 Å².